The van der Waals surface area contributed by atoms with Crippen molar-refractivity contribution in [1.82, 2.24) is 5.32 Å². The maximum absolute atomic E-state index is 11.6. The molecule has 0 saturated carbocycles. The van der Waals surface area contributed by atoms with Gasteiger partial charge in [0.15, 0.2) is 0 Å². The van der Waals surface area contributed by atoms with Crippen LogP contribution in [-0.4, -0.2) is 24.5 Å². The normalized spacial score (nSPS) is 17.6. The predicted molar refractivity (Wildman–Crippen MR) is 93.1 cm³/mol. The van der Waals surface area contributed by atoms with Gasteiger partial charge >= 0.3 is 5.97 Å². The van der Waals surface area contributed by atoms with Crippen molar-refractivity contribution in [2.75, 3.05) is 6.61 Å². The molecule has 1 aliphatic rings. The number of nitrogens with one attached hydrogen (secondary N) is 1. The fourth-order valence-electron chi connectivity index (χ4n) is 2.71. The summed E-state index contributed by atoms with van der Waals surface area (Å²) in [7, 11) is 0. The Morgan fingerprint density at radius 2 is 1.74 bits per heavy atom. The molecule has 1 rings (SSSR count). The lowest BCUT2D eigenvalue weighted by Crippen LogP contribution is -2.34. The first-order chi connectivity index (χ1) is 11.2. The SMILES string of the molecule is CCCCCC/C=C/CCCCCCOC(=O)[C@@H]1CCC(=O)N1. The maximum Gasteiger partial charge on any atom is 0.328 e. The second-order valence-corrected chi connectivity index (χ2v) is 6.35. The molecule has 1 saturated heterocycles. The highest BCUT2D eigenvalue weighted by atomic mass is 16.5. The summed E-state index contributed by atoms with van der Waals surface area (Å²) in [4.78, 5) is 22.7. The zero-order valence-corrected chi connectivity index (χ0v) is 14.6. The Kier molecular flexibility index (Phi) is 11.3. The van der Waals surface area contributed by atoms with Gasteiger partial charge in [0.2, 0.25) is 5.91 Å². The van der Waals surface area contributed by atoms with Crippen LogP contribution in [0.15, 0.2) is 12.2 Å². The maximum atomic E-state index is 11.6. The van der Waals surface area contributed by atoms with E-state index in [0.29, 0.717) is 19.4 Å². The lowest BCUT2D eigenvalue weighted by molar-refractivity contribution is -0.146. The number of hydrogen-bond donors (Lipinski definition) is 1. The van der Waals surface area contributed by atoms with Crippen molar-refractivity contribution in [3.63, 3.8) is 0 Å². The van der Waals surface area contributed by atoms with Crippen molar-refractivity contribution in [3.8, 4) is 0 Å². The van der Waals surface area contributed by atoms with Gasteiger partial charge < -0.3 is 10.1 Å². The molecule has 0 radical (unpaired) electrons. The Balaban J connectivity index is 1.83. The zero-order chi connectivity index (χ0) is 16.8. The summed E-state index contributed by atoms with van der Waals surface area (Å²) in [5.74, 6) is -0.327. The Morgan fingerprint density at radius 1 is 1.09 bits per heavy atom. The highest BCUT2D eigenvalue weighted by Gasteiger charge is 2.28. The monoisotopic (exact) mass is 323 g/mol. The molecular formula is C19H33NO3. The van der Waals surface area contributed by atoms with E-state index >= 15 is 0 Å². The molecule has 0 aromatic carbocycles. The van der Waals surface area contributed by atoms with Crippen molar-refractivity contribution in [1.29, 1.82) is 0 Å². The summed E-state index contributed by atoms with van der Waals surface area (Å²) < 4.78 is 5.20. The van der Waals surface area contributed by atoms with Crippen molar-refractivity contribution in [3.05, 3.63) is 12.2 Å². The predicted octanol–water partition coefficient (Wildman–Crippen LogP) is 4.29. The number of amides is 1. The average molecular weight is 323 g/mol. The zero-order valence-electron chi connectivity index (χ0n) is 14.6. The Morgan fingerprint density at radius 3 is 2.35 bits per heavy atom. The van der Waals surface area contributed by atoms with Gasteiger partial charge in [0.25, 0.3) is 0 Å². The third-order valence-corrected chi connectivity index (χ3v) is 4.18. The molecule has 1 N–H and O–H groups in total. The first-order valence-electron chi connectivity index (χ1n) is 9.35. The van der Waals surface area contributed by atoms with Gasteiger partial charge in [-0.1, -0.05) is 51.2 Å². The minimum atomic E-state index is -0.412. The standard InChI is InChI=1S/C19H33NO3/c1-2-3-4-5-6-7-8-9-10-11-12-13-16-23-19(22)17-14-15-18(21)20-17/h7-8,17H,2-6,9-16H2,1H3,(H,20,21)/b8-7+/t17-/m0/s1. The molecule has 0 aliphatic carbocycles. The molecule has 0 aromatic rings. The van der Waals surface area contributed by atoms with Crippen LogP contribution in [0.3, 0.4) is 0 Å². The molecule has 0 spiro atoms. The molecular weight excluding hydrogens is 290 g/mol. The van der Waals surface area contributed by atoms with E-state index in [9.17, 15) is 9.59 Å². The summed E-state index contributed by atoms with van der Waals surface area (Å²) in [6.07, 6.45) is 17.7. The van der Waals surface area contributed by atoms with E-state index in [2.05, 4.69) is 24.4 Å². The highest BCUT2D eigenvalue weighted by Crippen LogP contribution is 2.09. The van der Waals surface area contributed by atoms with Crippen molar-refractivity contribution in [2.45, 2.75) is 90.0 Å². The molecule has 1 heterocycles. The average Bonchev–Trinajstić information content (AvgIpc) is 2.98. The molecule has 0 bridgehead atoms. The van der Waals surface area contributed by atoms with Crippen LogP contribution in [0.4, 0.5) is 0 Å². The fraction of sp³-hybridized carbons (Fsp3) is 0.789. The van der Waals surface area contributed by atoms with Gasteiger partial charge in [-0.15, -0.1) is 0 Å². The third-order valence-electron chi connectivity index (χ3n) is 4.18. The van der Waals surface area contributed by atoms with Crippen molar-refractivity contribution >= 4 is 11.9 Å². The van der Waals surface area contributed by atoms with Crippen LogP contribution in [0.5, 0.6) is 0 Å². The summed E-state index contributed by atoms with van der Waals surface area (Å²) in [5.41, 5.74) is 0. The van der Waals surface area contributed by atoms with E-state index in [0.717, 1.165) is 19.3 Å². The van der Waals surface area contributed by atoms with E-state index in [1.54, 1.807) is 0 Å². The van der Waals surface area contributed by atoms with Crippen molar-refractivity contribution < 1.29 is 14.3 Å². The van der Waals surface area contributed by atoms with Gasteiger partial charge in [0.05, 0.1) is 6.61 Å². The number of carbonyl (C=O) groups excluding carboxylic acids is 2. The lowest BCUT2D eigenvalue weighted by atomic mass is 10.1. The number of hydrogen-bond acceptors (Lipinski definition) is 3. The summed E-state index contributed by atoms with van der Waals surface area (Å²) in [5, 5.41) is 2.63. The highest BCUT2D eigenvalue weighted by molar-refractivity contribution is 5.87. The molecule has 1 aliphatic heterocycles. The van der Waals surface area contributed by atoms with Crippen LogP contribution in [0.1, 0.15) is 84.0 Å². The second-order valence-electron chi connectivity index (χ2n) is 6.35. The molecule has 23 heavy (non-hydrogen) atoms. The molecule has 4 nitrogen and oxygen atoms in total. The number of esters is 1. The minimum absolute atomic E-state index is 0.0506. The third kappa shape index (κ3) is 10.1. The molecule has 132 valence electrons. The van der Waals surface area contributed by atoms with Crippen LogP contribution < -0.4 is 5.32 Å². The first kappa shape index (κ1) is 19.7. The van der Waals surface area contributed by atoms with Crippen LogP contribution in [0.2, 0.25) is 0 Å². The van der Waals surface area contributed by atoms with E-state index in [-0.39, 0.29) is 11.9 Å². The van der Waals surface area contributed by atoms with Gasteiger partial charge in [0.1, 0.15) is 6.04 Å². The lowest BCUT2D eigenvalue weighted by Gasteiger charge is -2.09. The van der Waals surface area contributed by atoms with Gasteiger partial charge in [-0.05, 0) is 38.5 Å². The van der Waals surface area contributed by atoms with E-state index in [1.807, 2.05) is 0 Å². The Bertz CT molecular complexity index is 366. The topological polar surface area (TPSA) is 55.4 Å². The number of allylic oxidation sites excluding steroid dienone is 2. The summed E-state index contributed by atoms with van der Waals surface area (Å²) in [6, 6.07) is -0.412. The molecule has 1 atom stereocenters. The first-order valence-corrected chi connectivity index (χ1v) is 9.35. The van der Waals surface area contributed by atoms with Gasteiger partial charge in [-0.3, -0.25) is 4.79 Å². The van der Waals surface area contributed by atoms with Gasteiger partial charge in [-0.25, -0.2) is 4.79 Å². The smallest absolute Gasteiger partial charge is 0.328 e. The number of rotatable bonds is 13. The summed E-state index contributed by atoms with van der Waals surface area (Å²) in [6.45, 7) is 2.71. The van der Waals surface area contributed by atoms with Crippen molar-refractivity contribution in [2.24, 2.45) is 0 Å². The quantitative estimate of drug-likeness (QED) is 0.312. The van der Waals surface area contributed by atoms with E-state index in [4.69, 9.17) is 4.74 Å². The molecule has 4 heteroatoms. The van der Waals surface area contributed by atoms with Crippen LogP contribution in [0, 0.1) is 0 Å². The largest absolute Gasteiger partial charge is 0.464 e. The van der Waals surface area contributed by atoms with Gasteiger partial charge in [0, 0.05) is 6.42 Å². The molecule has 0 unspecified atom stereocenters. The minimum Gasteiger partial charge on any atom is -0.464 e. The Labute approximate surface area is 141 Å². The van der Waals surface area contributed by atoms with E-state index < -0.39 is 6.04 Å². The summed E-state index contributed by atoms with van der Waals surface area (Å²) >= 11 is 0. The number of unbranched alkanes of at least 4 members (excludes halogenated alkanes) is 8. The van der Waals surface area contributed by atoms with Crippen LogP contribution in [-0.2, 0) is 14.3 Å². The Hall–Kier alpha value is -1.32. The number of ether oxygens (including phenoxy) is 1. The fourth-order valence-corrected chi connectivity index (χ4v) is 2.71. The van der Waals surface area contributed by atoms with Crippen LogP contribution >= 0.6 is 0 Å². The second kappa shape index (κ2) is 13.1. The van der Waals surface area contributed by atoms with E-state index in [1.165, 1.54) is 44.9 Å². The molecule has 1 amide bonds. The number of carbonyl (C=O) groups is 2. The van der Waals surface area contributed by atoms with Gasteiger partial charge in [-0.2, -0.15) is 0 Å². The van der Waals surface area contributed by atoms with Crippen LogP contribution in [0.25, 0.3) is 0 Å². The molecule has 0 aromatic heterocycles. The molecule has 1 fully saturated rings.